The molecule has 0 spiro atoms. The summed E-state index contributed by atoms with van der Waals surface area (Å²) in [6.07, 6.45) is 2.89. The average Bonchev–Trinajstić information content (AvgIpc) is 2.50. The quantitative estimate of drug-likeness (QED) is 0.879. The summed E-state index contributed by atoms with van der Waals surface area (Å²) < 4.78 is 0. The van der Waals surface area contributed by atoms with Gasteiger partial charge in [-0.1, -0.05) is 0 Å². The minimum atomic E-state index is -0.365. The van der Waals surface area contributed by atoms with E-state index in [2.05, 4.69) is 34.0 Å². The molecule has 6 heteroatoms. The van der Waals surface area contributed by atoms with E-state index in [0.717, 1.165) is 18.8 Å². The van der Waals surface area contributed by atoms with Gasteiger partial charge in [-0.05, 0) is 38.1 Å². The topological polar surface area (TPSA) is 84.1 Å². The molecule has 0 atom stereocenters. The first-order valence-corrected chi connectivity index (χ1v) is 6.88. The summed E-state index contributed by atoms with van der Waals surface area (Å²) in [5, 5.41) is 2.76. The summed E-state index contributed by atoms with van der Waals surface area (Å²) >= 11 is 0. The smallest absolute Gasteiger partial charge is 0.278 e. The number of nitrogen functional groups attached to an aromatic ring is 1. The highest BCUT2D eigenvalue weighted by molar-refractivity contribution is 6.05. The molecule has 1 aromatic heterocycles. The van der Waals surface area contributed by atoms with Crippen molar-refractivity contribution in [2.75, 3.05) is 29.0 Å². The van der Waals surface area contributed by atoms with Crippen molar-refractivity contribution < 1.29 is 4.79 Å². The monoisotopic (exact) mass is 285 g/mol. The molecular weight excluding hydrogens is 266 g/mol. The summed E-state index contributed by atoms with van der Waals surface area (Å²) in [7, 11) is 0. The van der Waals surface area contributed by atoms with E-state index < -0.39 is 0 Å². The SMILES string of the molecule is CCN(CC)c1ccc(NC(=O)c2nccnc2N)cc1. The van der Waals surface area contributed by atoms with Gasteiger partial charge in [0.05, 0.1) is 0 Å². The third-order valence-corrected chi connectivity index (χ3v) is 3.20. The van der Waals surface area contributed by atoms with Gasteiger partial charge >= 0.3 is 0 Å². The molecule has 3 N–H and O–H groups in total. The van der Waals surface area contributed by atoms with E-state index in [0.29, 0.717) is 5.69 Å². The number of hydrogen-bond donors (Lipinski definition) is 2. The number of rotatable bonds is 5. The Kier molecular flexibility index (Phi) is 4.71. The second kappa shape index (κ2) is 6.69. The average molecular weight is 285 g/mol. The number of amides is 1. The summed E-state index contributed by atoms with van der Waals surface area (Å²) in [5.74, 6) is -0.244. The molecule has 0 aliphatic rings. The van der Waals surface area contributed by atoms with Crippen molar-refractivity contribution in [3.63, 3.8) is 0 Å². The van der Waals surface area contributed by atoms with E-state index in [4.69, 9.17) is 5.73 Å². The van der Waals surface area contributed by atoms with Crippen LogP contribution in [0.1, 0.15) is 24.3 Å². The lowest BCUT2D eigenvalue weighted by molar-refractivity contribution is 0.102. The molecule has 1 amide bonds. The van der Waals surface area contributed by atoms with Crippen LogP contribution in [0.25, 0.3) is 0 Å². The van der Waals surface area contributed by atoms with E-state index in [-0.39, 0.29) is 17.4 Å². The van der Waals surface area contributed by atoms with E-state index in [9.17, 15) is 4.79 Å². The lowest BCUT2D eigenvalue weighted by Gasteiger charge is -2.21. The predicted molar refractivity (Wildman–Crippen MR) is 84.4 cm³/mol. The number of nitrogens with one attached hydrogen (secondary N) is 1. The van der Waals surface area contributed by atoms with Crippen LogP contribution >= 0.6 is 0 Å². The zero-order chi connectivity index (χ0) is 15.2. The molecule has 0 aliphatic carbocycles. The van der Waals surface area contributed by atoms with Crippen molar-refractivity contribution in [3.8, 4) is 0 Å². The maximum absolute atomic E-state index is 12.1. The molecular formula is C15H19N5O. The molecule has 2 rings (SSSR count). The van der Waals surface area contributed by atoms with Crippen molar-refractivity contribution in [1.29, 1.82) is 0 Å². The summed E-state index contributed by atoms with van der Waals surface area (Å²) in [5.41, 5.74) is 7.58. The Morgan fingerprint density at radius 1 is 1.14 bits per heavy atom. The fourth-order valence-corrected chi connectivity index (χ4v) is 2.06. The van der Waals surface area contributed by atoms with Gasteiger partial charge in [-0.2, -0.15) is 0 Å². The normalized spacial score (nSPS) is 10.2. The first-order valence-electron chi connectivity index (χ1n) is 6.88. The summed E-state index contributed by atoms with van der Waals surface area (Å²) in [6.45, 7) is 6.10. The Morgan fingerprint density at radius 2 is 1.76 bits per heavy atom. The number of aromatic nitrogens is 2. The molecule has 21 heavy (non-hydrogen) atoms. The number of nitrogens with zero attached hydrogens (tertiary/aromatic N) is 3. The number of carbonyl (C=O) groups is 1. The Balaban J connectivity index is 2.10. The molecule has 1 aromatic carbocycles. The second-order valence-corrected chi connectivity index (χ2v) is 4.46. The van der Waals surface area contributed by atoms with E-state index in [1.54, 1.807) is 0 Å². The Hall–Kier alpha value is -2.63. The number of benzene rings is 1. The molecule has 110 valence electrons. The van der Waals surface area contributed by atoms with Crippen LogP contribution in [0.15, 0.2) is 36.7 Å². The highest BCUT2D eigenvalue weighted by atomic mass is 16.1. The van der Waals surface area contributed by atoms with Gasteiger partial charge in [0.2, 0.25) is 0 Å². The van der Waals surface area contributed by atoms with Gasteiger partial charge in [0.15, 0.2) is 11.5 Å². The standard InChI is InChI=1S/C15H19N5O/c1-3-20(4-2)12-7-5-11(6-8-12)19-15(21)13-14(16)18-10-9-17-13/h5-10H,3-4H2,1-2H3,(H2,16,18)(H,19,21). The van der Waals surface area contributed by atoms with Crippen LogP contribution in [0, 0.1) is 0 Å². The van der Waals surface area contributed by atoms with Crippen LogP contribution < -0.4 is 16.0 Å². The van der Waals surface area contributed by atoms with Gasteiger partial charge in [0.1, 0.15) is 0 Å². The van der Waals surface area contributed by atoms with Crippen molar-refractivity contribution in [2.45, 2.75) is 13.8 Å². The minimum absolute atomic E-state index is 0.120. The number of anilines is 3. The van der Waals surface area contributed by atoms with E-state index in [1.807, 2.05) is 24.3 Å². The lowest BCUT2D eigenvalue weighted by atomic mass is 10.2. The maximum Gasteiger partial charge on any atom is 0.278 e. The number of carbonyl (C=O) groups excluding carboxylic acids is 1. The third kappa shape index (κ3) is 3.47. The molecule has 0 unspecified atom stereocenters. The van der Waals surface area contributed by atoms with Gasteiger partial charge in [0, 0.05) is 36.9 Å². The largest absolute Gasteiger partial charge is 0.382 e. The van der Waals surface area contributed by atoms with Crippen LogP contribution in [0.4, 0.5) is 17.2 Å². The minimum Gasteiger partial charge on any atom is -0.382 e. The summed E-state index contributed by atoms with van der Waals surface area (Å²) in [6, 6.07) is 7.67. The van der Waals surface area contributed by atoms with Crippen molar-refractivity contribution in [1.82, 2.24) is 9.97 Å². The molecule has 2 aromatic rings. The zero-order valence-electron chi connectivity index (χ0n) is 12.2. The molecule has 6 nitrogen and oxygen atoms in total. The van der Waals surface area contributed by atoms with E-state index >= 15 is 0 Å². The van der Waals surface area contributed by atoms with Crippen LogP contribution in [-0.2, 0) is 0 Å². The molecule has 0 radical (unpaired) electrons. The van der Waals surface area contributed by atoms with Crippen molar-refractivity contribution in [3.05, 3.63) is 42.4 Å². The second-order valence-electron chi connectivity index (χ2n) is 4.46. The van der Waals surface area contributed by atoms with Gasteiger partial charge in [-0.25, -0.2) is 9.97 Å². The fraction of sp³-hybridized carbons (Fsp3) is 0.267. The molecule has 0 saturated heterocycles. The van der Waals surface area contributed by atoms with Crippen molar-refractivity contribution >= 4 is 23.1 Å². The fourth-order valence-electron chi connectivity index (χ4n) is 2.06. The molecule has 0 fully saturated rings. The molecule has 0 aliphatic heterocycles. The van der Waals surface area contributed by atoms with Gasteiger partial charge < -0.3 is 16.0 Å². The first kappa shape index (κ1) is 14.8. The lowest BCUT2D eigenvalue weighted by Crippen LogP contribution is -2.21. The summed E-state index contributed by atoms with van der Waals surface area (Å²) in [4.78, 5) is 22.1. The molecule has 0 saturated carbocycles. The number of nitrogens with two attached hydrogens (primary N) is 1. The first-order chi connectivity index (χ1) is 10.2. The Morgan fingerprint density at radius 3 is 2.33 bits per heavy atom. The van der Waals surface area contributed by atoms with E-state index in [1.165, 1.54) is 12.4 Å². The van der Waals surface area contributed by atoms with Crippen molar-refractivity contribution in [2.24, 2.45) is 0 Å². The van der Waals surface area contributed by atoms with Gasteiger partial charge in [0.25, 0.3) is 5.91 Å². The predicted octanol–water partition coefficient (Wildman–Crippen LogP) is 2.16. The van der Waals surface area contributed by atoms with Gasteiger partial charge in [-0.3, -0.25) is 4.79 Å². The van der Waals surface area contributed by atoms with Crippen LogP contribution in [-0.4, -0.2) is 29.0 Å². The highest BCUT2D eigenvalue weighted by Gasteiger charge is 2.12. The van der Waals surface area contributed by atoms with Gasteiger partial charge in [-0.15, -0.1) is 0 Å². The van der Waals surface area contributed by atoms with Crippen LogP contribution in [0.3, 0.4) is 0 Å². The third-order valence-electron chi connectivity index (χ3n) is 3.20. The van der Waals surface area contributed by atoms with Crippen LogP contribution in [0.2, 0.25) is 0 Å². The highest BCUT2D eigenvalue weighted by Crippen LogP contribution is 2.18. The molecule has 0 bridgehead atoms. The zero-order valence-corrected chi connectivity index (χ0v) is 12.2. The molecule has 1 heterocycles. The number of hydrogen-bond acceptors (Lipinski definition) is 5. The Labute approximate surface area is 124 Å². The maximum atomic E-state index is 12.1. The van der Waals surface area contributed by atoms with Crippen LogP contribution in [0.5, 0.6) is 0 Å². The Bertz CT molecular complexity index is 608.